The van der Waals surface area contributed by atoms with Gasteiger partial charge in [-0.1, -0.05) is 18.2 Å². The Morgan fingerprint density at radius 3 is 2.78 bits per heavy atom. The third-order valence-corrected chi connectivity index (χ3v) is 4.84. The number of halogens is 2. The Morgan fingerprint density at radius 1 is 1.13 bits per heavy atom. The number of nitrogens with zero attached hydrogens (tertiary/aromatic N) is 3. The van der Waals surface area contributed by atoms with Crippen molar-refractivity contribution in [3.63, 3.8) is 0 Å². The molecule has 3 aliphatic rings. The molecule has 1 aromatic rings. The van der Waals surface area contributed by atoms with E-state index >= 15 is 0 Å². The second-order valence-corrected chi connectivity index (χ2v) is 6.06. The van der Waals surface area contributed by atoms with Gasteiger partial charge in [0.1, 0.15) is 18.0 Å². The van der Waals surface area contributed by atoms with E-state index in [9.17, 15) is 5.11 Å². The molecular formula is C15H23Cl2N5O. The molecule has 0 bridgehead atoms. The lowest BCUT2D eigenvalue weighted by Crippen LogP contribution is -2.68. The first-order valence-corrected chi connectivity index (χ1v) is 7.70. The van der Waals surface area contributed by atoms with Crippen LogP contribution in [0, 0.1) is 0 Å². The summed E-state index contributed by atoms with van der Waals surface area (Å²) in [5, 5.41) is 25.9. The lowest BCUT2D eigenvalue weighted by Gasteiger charge is -2.49. The first-order chi connectivity index (χ1) is 10.3. The SMILES string of the molecule is Cl.Cl.Oc1ccccc1C1CC2C(N=N1)NC[C@H]1CNCCN21. The Kier molecular flexibility index (Phi) is 6.22. The fourth-order valence-electron chi connectivity index (χ4n) is 3.75. The van der Waals surface area contributed by atoms with Crippen molar-refractivity contribution < 1.29 is 5.11 Å². The molecule has 0 aromatic heterocycles. The summed E-state index contributed by atoms with van der Waals surface area (Å²) < 4.78 is 0. The van der Waals surface area contributed by atoms with E-state index in [1.807, 2.05) is 18.2 Å². The van der Waals surface area contributed by atoms with Crippen LogP contribution in [0.4, 0.5) is 0 Å². The minimum absolute atomic E-state index is 0. The molecular weight excluding hydrogens is 337 g/mol. The van der Waals surface area contributed by atoms with Gasteiger partial charge in [-0.3, -0.25) is 10.2 Å². The highest BCUT2D eigenvalue weighted by atomic mass is 35.5. The molecule has 0 spiro atoms. The summed E-state index contributed by atoms with van der Waals surface area (Å²) in [4.78, 5) is 2.57. The molecule has 128 valence electrons. The largest absolute Gasteiger partial charge is 0.508 e. The fraction of sp³-hybridized carbons (Fsp3) is 0.600. The Balaban J connectivity index is 0.000000960. The fourth-order valence-corrected chi connectivity index (χ4v) is 3.75. The molecule has 3 aliphatic heterocycles. The van der Waals surface area contributed by atoms with Crippen LogP contribution in [0.5, 0.6) is 5.75 Å². The third-order valence-electron chi connectivity index (χ3n) is 4.84. The van der Waals surface area contributed by atoms with Gasteiger partial charge in [-0.25, -0.2) is 0 Å². The topological polar surface area (TPSA) is 72.2 Å². The van der Waals surface area contributed by atoms with E-state index in [-0.39, 0.29) is 37.0 Å². The van der Waals surface area contributed by atoms with Crippen LogP contribution >= 0.6 is 24.8 Å². The lowest BCUT2D eigenvalue weighted by molar-refractivity contribution is 0.0278. The molecule has 3 N–H and O–H groups in total. The molecule has 8 heteroatoms. The van der Waals surface area contributed by atoms with Crippen LogP contribution in [-0.4, -0.2) is 54.4 Å². The van der Waals surface area contributed by atoms with Crippen LogP contribution in [-0.2, 0) is 0 Å². The third kappa shape index (κ3) is 3.46. The average molecular weight is 360 g/mol. The normalized spacial score (nSPS) is 32.9. The van der Waals surface area contributed by atoms with Gasteiger partial charge in [-0.05, 0) is 12.5 Å². The van der Waals surface area contributed by atoms with Gasteiger partial charge in [0.25, 0.3) is 0 Å². The van der Waals surface area contributed by atoms with Gasteiger partial charge in [0.2, 0.25) is 0 Å². The molecule has 0 aliphatic carbocycles. The van der Waals surface area contributed by atoms with Gasteiger partial charge in [-0.15, -0.1) is 24.8 Å². The molecule has 3 unspecified atom stereocenters. The van der Waals surface area contributed by atoms with Crippen molar-refractivity contribution >= 4 is 24.8 Å². The summed E-state index contributed by atoms with van der Waals surface area (Å²) in [5.74, 6) is 0.320. The van der Waals surface area contributed by atoms with E-state index in [0.29, 0.717) is 17.8 Å². The average Bonchev–Trinajstić information content (AvgIpc) is 2.55. The number of azo groups is 1. The molecule has 6 nitrogen and oxygen atoms in total. The van der Waals surface area contributed by atoms with Gasteiger partial charge in [0.05, 0.1) is 0 Å². The summed E-state index contributed by atoms with van der Waals surface area (Å²) in [5.41, 5.74) is 0.886. The lowest BCUT2D eigenvalue weighted by atomic mass is 9.92. The summed E-state index contributed by atoms with van der Waals surface area (Å²) in [7, 11) is 0. The predicted molar refractivity (Wildman–Crippen MR) is 93.8 cm³/mol. The number of aromatic hydroxyl groups is 1. The monoisotopic (exact) mass is 359 g/mol. The van der Waals surface area contributed by atoms with Crippen LogP contribution in [0.2, 0.25) is 0 Å². The maximum atomic E-state index is 10.1. The van der Waals surface area contributed by atoms with Gasteiger partial charge in [-0.2, -0.15) is 10.2 Å². The van der Waals surface area contributed by atoms with E-state index in [1.54, 1.807) is 6.07 Å². The van der Waals surface area contributed by atoms with Crippen molar-refractivity contribution in [2.75, 3.05) is 26.2 Å². The second-order valence-electron chi connectivity index (χ2n) is 6.06. The summed E-state index contributed by atoms with van der Waals surface area (Å²) in [6, 6.07) is 8.34. The van der Waals surface area contributed by atoms with Gasteiger partial charge < -0.3 is 10.4 Å². The van der Waals surface area contributed by atoms with Gasteiger partial charge in [0, 0.05) is 43.8 Å². The van der Waals surface area contributed by atoms with Crippen molar-refractivity contribution in [3.05, 3.63) is 29.8 Å². The molecule has 0 amide bonds. The number of para-hydroxylation sites is 1. The number of phenols is 1. The van der Waals surface area contributed by atoms with E-state index < -0.39 is 0 Å². The van der Waals surface area contributed by atoms with Gasteiger partial charge in [0.15, 0.2) is 0 Å². The number of phenolic OH excluding ortho intramolecular Hbond substituents is 1. The van der Waals surface area contributed by atoms with Crippen molar-refractivity contribution in [3.8, 4) is 5.75 Å². The van der Waals surface area contributed by atoms with Crippen molar-refractivity contribution in [1.82, 2.24) is 15.5 Å². The molecule has 3 heterocycles. The number of hydrogen-bond donors (Lipinski definition) is 3. The minimum atomic E-state index is -0.0390. The number of hydrogen-bond acceptors (Lipinski definition) is 6. The standard InChI is InChI=1S/C15H21N5O.2ClH/c21-14-4-2-1-3-11(14)12-7-13-15(19-18-12)17-9-10-8-16-5-6-20(10)13;;/h1-4,10,12-13,15-17,21H,5-9H2;2*1H/t10-,12?,13?,15?;;/m1../s1. The maximum absolute atomic E-state index is 10.1. The van der Waals surface area contributed by atoms with E-state index in [0.717, 1.165) is 38.2 Å². The summed E-state index contributed by atoms with van der Waals surface area (Å²) >= 11 is 0. The van der Waals surface area contributed by atoms with Gasteiger partial charge >= 0.3 is 0 Å². The molecule has 23 heavy (non-hydrogen) atoms. The molecule has 1 aromatic carbocycles. The highest BCUT2D eigenvalue weighted by Gasteiger charge is 2.41. The molecule has 2 fully saturated rings. The highest BCUT2D eigenvalue weighted by Crippen LogP contribution is 2.36. The quantitative estimate of drug-likeness (QED) is 0.713. The second kappa shape index (κ2) is 7.77. The Hall–Kier alpha value is -0.920. The van der Waals surface area contributed by atoms with Crippen molar-refractivity contribution in [2.24, 2.45) is 10.2 Å². The zero-order chi connectivity index (χ0) is 14.2. The zero-order valence-electron chi connectivity index (χ0n) is 12.8. The van der Waals surface area contributed by atoms with E-state index in [1.165, 1.54) is 0 Å². The smallest absolute Gasteiger partial charge is 0.136 e. The minimum Gasteiger partial charge on any atom is -0.508 e. The van der Waals surface area contributed by atoms with E-state index in [4.69, 9.17) is 0 Å². The molecule has 4 rings (SSSR count). The molecule has 4 atom stereocenters. The van der Waals surface area contributed by atoms with Crippen LogP contribution in [0.1, 0.15) is 18.0 Å². The first-order valence-electron chi connectivity index (χ1n) is 7.70. The number of benzene rings is 1. The summed E-state index contributed by atoms with van der Waals surface area (Å²) in [6.07, 6.45) is 1.01. The molecule has 0 radical (unpaired) electrons. The number of fused-ring (bicyclic) bond motifs is 3. The van der Waals surface area contributed by atoms with Crippen LogP contribution in [0.3, 0.4) is 0 Å². The summed E-state index contributed by atoms with van der Waals surface area (Å²) in [6.45, 7) is 4.11. The molecule has 2 saturated heterocycles. The highest BCUT2D eigenvalue weighted by molar-refractivity contribution is 5.85. The van der Waals surface area contributed by atoms with E-state index in [2.05, 4.69) is 25.8 Å². The Morgan fingerprint density at radius 2 is 1.96 bits per heavy atom. The maximum Gasteiger partial charge on any atom is 0.136 e. The number of rotatable bonds is 1. The van der Waals surface area contributed by atoms with Crippen LogP contribution in [0.15, 0.2) is 34.5 Å². The Labute approximate surface area is 148 Å². The first kappa shape index (κ1) is 18.4. The number of piperazine rings is 2. The zero-order valence-corrected chi connectivity index (χ0v) is 14.4. The van der Waals surface area contributed by atoms with Crippen LogP contribution < -0.4 is 10.6 Å². The molecule has 0 saturated carbocycles. The van der Waals surface area contributed by atoms with Crippen molar-refractivity contribution in [2.45, 2.75) is 30.7 Å². The Bertz CT molecular complexity index is 558. The van der Waals surface area contributed by atoms with Crippen molar-refractivity contribution in [1.29, 1.82) is 0 Å². The predicted octanol–water partition coefficient (Wildman–Crippen LogP) is 1.70. The number of nitrogens with one attached hydrogen (secondary N) is 2. The van der Waals surface area contributed by atoms with Crippen LogP contribution in [0.25, 0.3) is 0 Å².